The van der Waals surface area contributed by atoms with Gasteiger partial charge in [0.15, 0.2) is 0 Å². The summed E-state index contributed by atoms with van der Waals surface area (Å²) < 4.78 is 58.6. The number of nitrogens with one attached hydrogen (secondary N) is 2. The molecule has 28 heavy (non-hydrogen) atoms. The van der Waals surface area contributed by atoms with Crippen LogP contribution in [0.5, 0.6) is 11.6 Å². The number of benzene rings is 2. The molecule has 0 bridgehead atoms. The van der Waals surface area contributed by atoms with Gasteiger partial charge in [-0.1, -0.05) is 12.1 Å². The summed E-state index contributed by atoms with van der Waals surface area (Å²) in [6.45, 7) is 0. The molecule has 0 fully saturated rings. The molecule has 0 amide bonds. The van der Waals surface area contributed by atoms with Gasteiger partial charge in [0.1, 0.15) is 17.1 Å². The Bertz CT molecular complexity index is 1110. The van der Waals surface area contributed by atoms with Gasteiger partial charge in [-0.3, -0.25) is 0 Å². The van der Waals surface area contributed by atoms with E-state index in [1.54, 1.807) is 6.07 Å². The highest BCUT2D eigenvalue weighted by atomic mass is 19.4. The average Bonchev–Trinajstić information content (AvgIpc) is 3.06. The minimum Gasteiger partial charge on any atom is -0.438 e. The number of aromatic nitrogens is 3. The molecule has 4 aromatic rings. The molecule has 0 spiro atoms. The molecule has 2 N–H and O–H groups in total. The van der Waals surface area contributed by atoms with Crippen LogP contribution in [0.25, 0.3) is 11.0 Å². The van der Waals surface area contributed by atoms with Crippen LogP contribution in [0.15, 0.2) is 60.8 Å². The molecule has 2 aromatic heterocycles. The van der Waals surface area contributed by atoms with Gasteiger partial charge in [-0.15, -0.1) is 0 Å². The van der Waals surface area contributed by atoms with Gasteiger partial charge in [-0.25, -0.2) is 14.4 Å². The molecule has 0 unspecified atom stereocenters. The van der Waals surface area contributed by atoms with Crippen molar-refractivity contribution in [3.05, 3.63) is 72.2 Å². The fraction of sp³-hybridized carbons (Fsp3) is 0.0526. The summed E-state index contributed by atoms with van der Waals surface area (Å²) >= 11 is 0. The Kier molecular flexibility index (Phi) is 4.34. The number of fused-ring (bicyclic) bond motifs is 1. The molecule has 2 aromatic carbocycles. The Hall–Kier alpha value is -3.62. The zero-order chi connectivity index (χ0) is 19.7. The van der Waals surface area contributed by atoms with Gasteiger partial charge in [0.2, 0.25) is 11.8 Å². The summed E-state index contributed by atoms with van der Waals surface area (Å²) in [6.07, 6.45) is -3.47. The Morgan fingerprint density at radius 1 is 1.00 bits per heavy atom. The maximum atomic E-state index is 14.4. The quantitative estimate of drug-likeness (QED) is 0.444. The van der Waals surface area contributed by atoms with Gasteiger partial charge in [0.05, 0.1) is 16.7 Å². The summed E-state index contributed by atoms with van der Waals surface area (Å²) in [5, 5.41) is 2.80. The van der Waals surface area contributed by atoms with Crippen molar-refractivity contribution in [3.63, 3.8) is 0 Å². The molecule has 4 rings (SSSR count). The molecule has 0 atom stereocenters. The Morgan fingerprint density at radius 3 is 2.57 bits per heavy atom. The number of aromatic amines is 1. The van der Waals surface area contributed by atoms with Gasteiger partial charge < -0.3 is 15.0 Å². The molecule has 0 aliphatic heterocycles. The predicted molar refractivity (Wildman–Crippen MR) is 95.1 cm³/mol. The third-order valence-corrected chi connectivity index (χ3v) is 3.87. The van der Waals surface area contributed by atoms with Gasteiger partial charge in [-0.2, -0.15) is 13.2 Å². The number of pyridine rings is 1. The van der Waals surface area contributed by atoms with E-state index >= 15 is 0 Å². The summed E-state index contributed by atoms with van der Waals surface area (Å²) in [5.41, 5.74) is 0.531. The monoisotopic (exact) mass is 388 g/mol. The topological polar surface area (TPSA) is 62.8 Å². The van der Waals surface area contributed by atoms with E-state index in [-0.39, 0.29) is 11.4 Å². The number of ether oxygens (including phenoxy) is 1. The van der Waals surface area contributed by atoms with E-state index in [1.807, 2.05) is 18.2 Å². The van der Waals surface area contributed by atoms with Crippen LogP contribution >= 0.6 is 0 Å². The van der Waals surface area contributed by atoms with Gasteiger partial charge in [-0.05, 0) is 36.4 Å². The Balaban J connectivity index is 1.57. The fourth-order valence-corrected chi connectivity index (χ4v) is 2.60. The second kappa shape index (κ2) is 6.84. The van der Waals surface area contributed by atoms with Crippen LogP contribution < -0.4 is 10.1 Å². The Morgan fingerprint density at radius 2 is 1.82 bits per heavy atom. The first kappa shape index (κ1) is 17.8. The van der Waals surface area contributed by atoms with E-state index in [2.05, 4.69) is 20.3 Å². The lowest BCUT2D eigenvalue weighted by Gasteiger charge is -2.13. The number of halogens is 4. The molecule has 142 valence electrons. The SMILES string of the molecule is Fc1cc(Oc2ncccc2C(F)(F)F)ccc1Nc1nc2ccccc2[nH]1. The molecule has 0 radical (unpaired) electrons. The van der Waals surface area contributed by atoms with Crippen molar-refractivity contribution in [3.8, 4) is 11.6 Å². The minimum atomic E-state index is -4.63. The molecule has 9 heteroatoms. The molecular formula is C19H12F4N4O. The third-order valence-electron chi connectivity index (χ3n) is 3.87. The van der Waals surface area contributed by atoms with Crippen molar-refractivity contribution in [2.75, 3.05) is 5.32 Å². The summed E-state index contributed by atoms with van der Waals surface area (Å²) in [7, 11) is 0. The van der Waals surface area contributed by atoms with E-state index < -0.39 is 23.4 Å². The van der Waals surface area contributed by atoms with Crippen LogP contribution in [-0.2, 0) is 6.18 Å². The number of imidazole rings is 1. The lowest BCUT2D eigenvalue weighted by Crippen LogP contribution is -2.08. The number of hydrogen-bond acceptors (Lipinski definition) is 4. The highest BCUT2D eigenvalue weighted by molar-refractivity contribution is 5.78. The van der Waals surface area contributed by atoms with Crippen LogP contribution in [0.4, 0.5) is 29.2 Å². The maximum Gasteiger partial charge on any atom is 0.421 e. The number of alkyl halides is 3. The summed E-state index contributed by atoms with van der Waals surface area (Å²) in [4.78, 5) is 10.9. The number of para-hydroxylation sites is 2. The number of anilines is 2. The standard InChI is InChI=1S/C19H12F4N4O/c20-13-10-11(28-17-12(19(21,22)23)4-3-9-24-17)7-8-14(13)25-18-26-15-5-1-2-6-16(15)27-18/h1-10H,(H2,25,26,27). The number of hydrogen-bond donors (Lipinski definition) is 2. The van der Waals surface area contributed by atoms with Crippen LogP contribution in [0.1, 0.15) is 5.56 Å². The molecular weight excluding hydrogens is 376 g/mol. The lowest BCUT2D eigenvalue weighted by atomic mass is 10.2. The number of rotatable bonds is 4. The second-order valence-corrected chi connectivity index (χ2v) is 5.83. The normalized spacial score (nSPS) is 11.6. The number of H-pyrrole nitrogens is 1. The van der Waals surface area contributed by atoms with E-state index in [0.29, 0.717) is 11.5 Å². The first-order valence-electron chi connectivity index (χ1n) is 8.11. The van der Waals surface area contributed by atoms with Crippen LogP contribution in [0, 0.1) is 5.82 Å². The smallest absolute Gasteiger partial charge is 0.421 e. The van der Waals surface area contributed by atoms with Crippen molar-refractivity contribution in [2.45, 2.75) is 6.18 Å². The lowest BCUT2D eigenvalue weighted by molar-refractivity contribution is -0.138. The van der Waals surface area contributed by atoms with Crippen molar-refractivity contribution in [1.29, 1.82) is 0 Å². The maximum absolute atomic E-state index is 14.4. The largest absolute Gasteiger partial charge is 0.438 e. The Labute approximate surface area is 156 Å². The average molecular weight is 388 g/mol. The highest BCUT2D eigenvalue weighted by Gasteiger charge is 2.35. The predicted octanol–water partition coefficient (Wildman–Crippen LogP) is 5.65. The summed E-state index contributed by atoms with van der Waals surface area (Å²) in [5.74, 6) is -1.15. The molecule has 0 saturated heterocycles. The first-order valence-corrected chi connectivity index (χ1v) is 8.11. The van der Waals surface area contributed by atoms with Crippen LogP contribution in [0.2, 0.25) is 0 Å². The van der Waals surface area contributed by atoms with Crippen molar-refractivity contribution >= 4 is 22.7 Å². The van der Waals surface area contributed by atoms with E-state index in [9.17, 15) is 17.6 Å². The van der Waals surface area contributed by atoms with Crippen LogP contribution in [0.3, 0.4) is 0 Å². The van der Waals surface area contributed by atoms with Gasteiger partial charge in [0.25, 0.3) is 0 Å². The third kappa shape index (κ3) is 3.59. The second-order valence-electron chi connectivity index (χ2n) is 5.83. The zero-order valence-electron chi connectivity index (χ0n) is 14.1. The van der Waals surface area contributed by atoms with Crippen molar-refractivity contribution in [2.24, 2.45) is 0 Å². The molecule has 0 aliphatic rings. The highest BCUT2D eigenvalue weighted by Crippen LogP contribution is 2.37. The van der Waals surface area contributed by atoms with E-state index in [4.69, 9.17) is 4.74 Å². The van der Waals surface area contributed by atoms with Crippen LogP contribution in [-0.4, -0.2) is 15.0 Å². The van der Waals surface area contributed by atoms with Gasteiger partial charge in [0, 0.05) is 12.3 Å². The number of nitrogens with zero attached hydrogens (tertiary/aromatic N) is 2. The van der Waals surface area contributed by atoms with E-state index in [1.165, 1.54) is 18.3 Å². The fourth-order valence-electron chi connectivity index (χ4n) is 2.60. The zero-order valence-corrected chi connectivity index (χ0v) is 14.1. The minimum absolute atomic E-state index is 0.0865. The van der Waals surface area contributed by atoms with Crippen molar-refractivity contribution < 1.29 is 22.3 Å². The van der Waals surface area contributed by atoms with Crippen molar-refractivity contribution in [1.82, 2.24) is 15.0 Å². The molecule has 0 aliphatic carbocycles. The van der Waals surface area contributed by atoms with E-state index in [0.717, 1.165) is 23.7 Å². The van der Waals surface area contributed by atoms with Gasteiger partial charge >= 0.3 is 6.18 Å². The molecule has 2 heterocycles. The summed E-state index contributed by atoms with van der Waals surface area (Å²) in [6, 6.07) is 12.9. The molecule has 5 nitrogen and oxygen atoms in total. The molecule has 0 saturated carbocycles. The first-order chi connectivity index (χ1) is 13.4.